The van der Waals surface area contributed by atoms with Gasteiger partial charge in [-0.2, -0.15) is 4.31 Å². The number of carbonyl (C=O) groups is 2. The Morgan fingerprint density at radius 2 is 1.65 bits per heavy atom. The third-order valence-electron chi connectivity index (χ3n) is 4.35. The van der Waals surface area contributed by atoms with Crippen LogP contribution in [-0.2, 0) is 14.8 Å². The third-order valence-corrected chi connectivity index (χ3v) is 5.65. The minimum atomic E-state index is -3.30. The Hall–Kier alpha value is -2.17. The molecule has 1 saturated heterocycles. The minimum Gasteiger partial charge on any atom is -0.508 e. The highest BCUT2D eigenvalue weighted by atomic mass is 32.2. The summed E-state index contributed by atoms with van der Waals surface area (Å²) in [7, 11) is -3.30. The van der Waals surface area contributed by atoms with Gasteiger partial charge in [-0.3, -0.25) is 14.5 Å². The maximum absolute atomic E-state index is 12.3. The lowest BCUT2D eigenvalue weighted by molar-refractivity contribution is -0.144. The largest absolute Gasteiger partial charge is 0.508 e. The summed E-state index contributed by atoms with van der Waals surface area (Å²) >= 11 is 0. The molecule has 1 fully saturated rings. The number of nitrogens with zero attached hydrogens (tertiary/aromatic N) is 2. The van der Waals surface area contributed by atoms with E-state index in [0.717, 1.165) is 6.26 Å². The van der Waals surface area contributed by atoms with Crippen molar-refractivity contribution in [3.8, 4) is 5.75 Å². The van der Waals surface area contributed by atoms with Crippen LogP contribution in [0.2, 0.25) is 0 Å². The second kappa shape index (κ2) is 8.02. The van der Waals surface area contributed by atoms with Gasteiger partial charge in [-0.15, -0.1) is 0 Å². The van der Waals surface area contributed by atoms with Crippen molar-refractivity contribution < 1.29 is 28.2 Å². The van der Waals surface area contributed by atoms with Gasteiger partial charge in [0.15, 0.2) is 0 Å². The molecule has 0 radical (unpaired) electrons. The van der Waals surface area contributed by atoms with Crippen molar-refractivity contribution in [3.05, 3.63) is 29.8 Å². The lowest BCUT2D eigenvalue weighted by atomic mass is 10.1. The fraction of sp³-hybridized carbons (Fsp3) is 0.500. The second-order valence-electron chi connectivity index (χ2n) is 6.29. The summed E-state index contributed by atoms with van der Waals surface area (Å²) in [5, 5.41) is 21.5. The Bertz CT molecular complexity index is 757. The van der Waals surface area contributed by atoms with Crippen molar-refractivity contribution in [1.29, 1.82) is 0 Å². The maximum Gasteiger partial charge on any atom is 0.323 e. The monoisotopic (exact) mass is 385 g/mol. The molecular weight excluding hydrogens is 362 g/mol. The first kappa shape index (κ1) is 20.1. The minimum absolute atomic E-state index is 0.0294. The molecule has 1 amide bonds. The van der Waals surface area contributed by atoms with Crippen molar-refractivity contribution >= 4 is 21.9 Å². The van der Waals surface area contributed by atoms with Crippen LogP contribution in [0.5, 0.6) is 5.75 Å². The first-order chi connectivity index (χ1) is 12.1. The highest BCUT2D eigenvalue weighted by molar-refractivity contribution is 7.88. The smallest absolute Gasteiger partial charge is 0.323 e. The Balaban J connectivity index is 2.04. The molecule has 1 aromatic carbocycles. The summed E-state index contributed by atoms with van der Waals surface area (Å²) < 4.78 is 24.5. The first-order valence-corrected chi connectivity index (χ1v) is 9.96. The highest BCUT2D eigenvalue weighted by Crippen LogP contribution is 2.14. The van der Waals surface area contributed by atoms with E-state index >= 15 is 0 Å². The van der Waals surface area contributed by atoms with Crippen LogP contribution in [0, 0.1) is 0 Å². The zero-order valence-corrected chi connectivity index (χ0v) is 15.4. The first-order valence-electron chi connectivity index (χ1n) is 8.11. The van der Waals surface area contributed by atoms with Gasteiger partial charge in [-0.1, -0.05) is 0 Å². The molecule has 2 unspecified atom stereocenters. The van der Waals surface area contributed by atoms with E-state index in [0.29, 0.717) is 5.56 Å². The van der Waals surface area contributed by atoms with Gasteiger partial charge in [-0.05, 0) is 31.2 Å². The summed E-state index contributed by atoms with van der Waals surface area (Å²) in [6.45, 7) is 2.55. The zero-order chi connectivity index (χ0) is 19.5. The van der Waals surface area contributed by atoms with E-state index in [1.165, 1.54) is 28.6 Å². The Labute approximate surface area is 152 Å². The Morgan fingerprint density at radius 1 is 1.12 bits per heavy atom. The third kappa shape index (κ3) is 4.93. The summed E-state index contributed by atoms with van der Waals surface area (Å²) in [5.41, 5.74) is 0.306. The van der Waals surface area contributed by atoms with Crippen molar-refractivity contribution in [2.45, 2.75) is 19.0 Å². The van der Waals surface area contributed by atoms with Crippen LogP contribution in [0.15, 0.2) is 24.3 Å². The fourth-order valence-electron chi connectivity index (χ4n) is 2.98. The Morgan fingerprint density at radius 3 is 2.12 bits per heavy atom. The highest BCUT2D eigenvalue weighted by Gasteiger charge is 2.35. The molecule has 1 aliphatic heterocycles. The number of carboxylic acid groups (broad SMARTS) is 1. The van der Waals surface area contributed by atoms with Crippen molar-refractivity contribution in [3.63, 3.8) is 0 Å². The number of aliphatic carboxylic acids is 1. The van der Waals surface area contributed by atoms with Crippen molar-refractivity contribution in [2.24, 2.45) is 0 Å². The van der Waals surface area contributed by atoms with E-state index in [4.69, 9.17) is 0 Å². The van der Waals surface area contributed by atoms with Crippen LogP contribution in [0.4, 0.5) is 0 Å². The number of hydrogen-bond acceptors (Lipinski definition) is 6. The molecule has 0 spiro atoms. The van der Waals surface area contributed by atoms with Crippen LogP contribution in [0.25, 0.3) is 0 Å². The van der Waals surface area contributed by atoms with Crippen LogP contribution in [0.3, 0.4) is 0 Å². The number of sulfonamides is 1. The number of amides is 1. The molecule has 3 N–H and O–H groups in total. The van der Waals surface area contributed by atoms with Crippen LogP contribution in [0.1, 0.15) is 17.3 Å². The van der Waals surface area contributed by atoms with Gasteiger partial charge in [0.25, 0.3) is 5.91 Å². The van der Waals surface area contributed by atoms with Crippen LogP contribution in [-0.4, -0.2) is 84.2 Å². The zero-order valence-electron chi connectivity index (χ0n) is 14.6. The lowest BCUT2D eigenvalue weighted by Gasteiger charge is -2.38. The number of benzene rings is 1. The molecule has 2 rings (SSSR count). The normalized spacial score (nSPS) is 18.8. The van der Waals surface area contributed by atoms with Crippen molar-refractivity contribution in [1.82, 2.24) is 14.5 Å². The summed E-state index contributed by atoms with van der Waals surface area (Å²) in [6, 6.07) is 3.96. The van der Waals surface area contributed by atoms with E-state index in [1.807, 2.05) is 0 Å². The number of piperazine rings is 1. The van der Waals surface area contributed by atoms with E-state index in [-0.39, 0.29) is 31.9 Å². The molecule has 1 aromatic rings. The number of hydrogen-bond donors (Lipinski definition) is 3. The van der Waals surface area contributed by atoms with Crippen LogP contribution >= 0.6 is 0 Å². The maximum atomic E-state index is 12.3. The number of carboxylic acids is 1. The van der Waals surface area contributed by atoms with E-state index in [2.05, 4.69) is 5.32 Å². The van der Waals surface area contributed by atoms with Crippen molar-refractivity contribution in [2.75, 3.05) is 32.4 Å². The Kier molecular flexibility index (Phi) is 6.21. The number of phenols is 1. The van der Waals surface area contributed by atoms with Gasteiger partial charge in [-0.25, -0.2) is 8.42 Å². The van der Waals surface area contributed by atoms with E-state index < -0.39 is 34.0 Å². The lowest BCUT2D eigenvalue weighted by Crippen LogP contribution is -2.59. The van der Waals surface area contributed by atoms with E-state index in [1.54, 1.807) is 11.8 Å². The number of carbonyl (C=O) groups excluding carboxylic acids is 1. The molecule has 144 valence electrons. The molecule has 26 heavy (non-hydrogen) atoms. The number of phenolic OH excluding ortho intramolecular Hbond substituents is 1. The van der Waals surface area contributed by atoms with Gasteiger partial charge < -0.3 is 15.5 Å². The molecule has 0 bridgehead atoms. The molecular formula is C16H23N3O6S. The average molecular weight is 385 g/mol. The van der Waals surface area contributed by atoms with E-state index in [9.17, 15) is 28.2 Å². The molecule has 10 heteroatoms. The van der Waals surface area contributed by atoms with Gasteiger partial charge in [0.05, 0.1) is 12.3 Å². The van der Waals surface area contributed by atoms with Gasteiger partial charge >= 0.3 is 5.97 Å². The molecule has 9 nitrogen and oxygen atoms in total. The summed E-state index contributed by atoms with van der Waals surface area (Å²) in [5.74, 6) is -1.50. The molecule has 0 aromatic heterocycles. The number of rotatable bonds is 6. The number of nitrogens with one attached hydrogen (secondary N) is 1. The molecule has 1 heterocycles. The summed E-state index contributed by atoms with van der Waals surface area (Å²) in [6.07, 6.45) is 1.12. The van der Waals surface area contributed by atoms with Gasteiger partial charge in [0, 0.05) is 31.7 Å². The van der Waals surface area contributed by atoms with Gasteiger partial charge in [0.1, 0.15) is 11.8 Å². The molecule has 0 aliphatic carbocycles. The quantitative estimate of drug-likeness (QED) is 0.605. The number of aromatic hydroxyl groups is 1. The topological polar surface area (TPSA) is 127 Å². The molecule has 0 saturated carbocycles. The average Bonchev–Trinajstić information content (AvgIpc) is 2.54. The van der Waals surface area contributed by atoms with Crippen LogP contribution < -0.4 is 5.32 Å². The molecule has 1 aliphatic rings. The SMILES string of the molecule is CC(NC(=O)c1ccc(O)cc1)C(C(=O)O)N1CCN(S(C)(=O)=O)CC1. The second-order valence-corrected chi connectivity index (χ2v) is 8.27. The predicted octanol–water partition coefficient (Wildman–Crippen LogP) is -0.459. The predicted molar refractivity (Wildman–Crippen MR) is 94.4 cm³/mol. The standard InChI is InChI=1S/C16H23N3O6S/c1-11(17-15(21)12-3-5-13(20)6-4-12)14(16(22)23)18-7-9-19(10-8-18)26(2,24)25/h3-6,11,14,20H,7-10H2,1-2H3,(H,17,21)(H,22,23). The van der Waals surface area contributed by atoms with Gasteiger partial charge in [0.2, 0.25) is 10.0 Å². The summed E-state index contributed by atoms with van der Waals surface area (Å²) in [4.78, 5) is 25.6. The molecule has 2 atom stereocenters. The fourth-order valence-corrected chi connectivity index (χ4v) is 3.81.